The molecule has 2 aromatic carbocycles. The van der Waals surface area contributed by atoms with Crippen LogP contribution in [-0.2, 0) is 0 Å². The molecule has 0 bridgehead atoms. The average Bonchev–Trinajstić information content (AvgIpc) is 3.09. The molecule has 2 heterocycles. The molecule has 2 N–H and O–H groups in total. The second-order valence-electron chi connectivity index (χ2n) is 9.10. The number of ether oxygens (including phenoxy) is 1. The summed E-state index contributed by atoms with van der Waals surface area (Å²) in [7, 11) is 1.48. The van der Waals surface area contributed by atoms with Gasteiger partial charge in [0.05, 0.1) is 17.5 Å². The van der Waals surface area contributed by atoms with E-state index in [0.29, 0.717) is 27.3 Å². The molecule has 1 aromatic heterocycles. The number of rotatable bonds is 5. The molecule has 1 aliphatic heterocycles. The van der Waals surface area contributed by atoms with Gasteiger partial charge in [-0.15, -0.1) is 11.3 Å². The number of methoxy groups -OCH3 is 1. The molecule has 0 saturated carbocycles. The van der Waals surface area contributed by atoms with Crippen LogP contribution in [0.5, 0.6) is 5.75 Å². The van der Waals surface area contributed by atoms with Crippen molar-refractivity contribution in [1.82, 2.24) is 0 Å². The zero-order chi connectivity index (χ0) is 24.1. The topological polar surface area (TPSA) is 58.6 Å². The van der Waals surface area contributed by atoms with Crippen LogP contribution >= 0.6 is 11.3 Å². The highest BCUT2D eigenvalue weighted by molar-refractivity contribution is 7.14. The van der Waals surface area contributed by atoms with Crippen molar-refractivity contribution in [2.75, 3.05) is 12.4 Å². The first-order valence-electron chi connectivity index (χ1n) is 10.8. The fraction of sp³-hybridized carbons (Fsp3) is 0.296. The van der Waals surface area contributed by atoms with Crippen LogP contribution in [0.1, 0.15) is 58.1 Å². The van der Waals surface area contributed by atoms with Gasteiger partial charge in [0.15, 0.2) is 0 Å². The minimum absolute atomic E-state index is 0.278. The lowest BCUT2D eigenvalue weighted by atomic mass is 9.82. The number of fused-ring (bicyclic) bond motifs is 1. The number of aliphatic hydroxyl groups excluding tert-OH is 1. The molecule has 0 radical (unpaired) electrons. The third-order valence-corrected chi connectivity index (χ3v) is 7.08. The molecule has 1 unspecified atom stereocenters. The van der Waals surface area contributed by atoms with Gasteiger partial charge in [-0.1, -0.05) is 12.1 Å². The standard InChI is InChI=1S/C27H28FNO3S/c1-14-11-16(3)33-26(14)25(31)24(30)23-19(18-8-7-17(28)12-21(18)32-6)9-10-20-22(23)15(2)13-27(4,5)29-20/h7-13,24,29-30H,1-6H3. The van der Waals surface area contributed by atoms with Crippen molar-refractivity contribution in [2.24, 2.45) is 0 Å². The Kier molecular flexibility index (Phi) is 5.93. The van der Waals surface area contributed by atoms with Crippen molar-refractivity contribution >= 4 is 28.4 Å². The highest BCUT2D eigenvalue weighted by Crippen LogP contribution is 2.45. The molecule has 0 spiro atoms. The van der Waals surface area contributed by atoms with Crippen LogP contribution in [0, 0.1) is 19.7 Å². The van der Waals surface area contributed by atoms with E-state index in [-0.39, 0.29) is 11.3 Å². The first kappa shape index (κ1) is 23.2. The predicted octanol–water partition coefficient (Wildman–Crippen LogP) is 6.70. The highest BCUT2D eigenvalue weighted by atomic mass is 32.1. The van der Waals surface area contributed by atoms with Gasteiger partial charge in [-0.3, -0.25) is 4.79 Å². The van der Waals surface area contributed by atoms with Crippen molar-refractivity contribution in [3.8, 4) is 16.9 Å². The van der Waals surface area contributed by atoms with E-state index < -0.39 is 11.9 Å². The van der Waals surface area contributed by atoms with Crippen LogP contribution in [0.2, 0.25) is 0 Å². The molecular weight excluding hydrogens is 437 g/mol. The van der Waals surface area contributed by atoms with Crippen LogP contribution in [0.3, 0.4) is 0 Å². The Labute approximate surface area is 197 Å². The van der Waals surface area contributed by atoms with Gasteiger partial charge in [-0.05, 0) is 75.6 Å². The maximum Gasteiger partial charge on any atom is 0.206 e. The van der Waals surface area contributed by atoms with E-state index in [9.17, 15) is 14.3 Å². The quantitative estimate of drug-likeness (QED) is 0.412. The molecule has 4 rings (SSSR count). The van der Waals surface area contributed by atoms with Crippen molar-refractivity contribution < 1.29 is 19.0 Å². The Bertz CT molecular complexity index is 1290. The van der Waals surface area contributed by atoms with Gasteiger partial charge in [0, 0.05) is 33.3 Å². The van der Waals surface area contributed by atoms with E-state index in [2.05, 4.69) is 25.2 Å². The summed E-state index contributed by atoms with van der Waals surface area (Å²) in [4.78, 5) is 15.1. The summed E-state index contributed by atoms with van der Waals surface area (Å²) in [6, 6.07) is 10.0. The van der Waals surface area contributed by atoms with E-state index >= 15 is 0 Å². The smallest absolute Gasteiger partial charge is 0.206 e. The summed E-state index contributed by atoms with van der Waals surface area (Å²) in [5.41, 5.74) is 4.88. The summed E-state index contributed by atoms with van der Waals surface area (Å²) >= 11 is 1.38. The molecule has 0 saturated heterocycles. The Morgan fingerprint density at radius 1 is 1.12 bits per heavy atom. The van der Waals surface area contributed by atoms with Crippen LogP contribution in [0.25, 0.3) is 16.7 Å². The molecule has 172 valence electrons. The molecule has 4 nitrogen and oxygen atoms in total. The monoisotopic (exact) mass is 465 g/mol. The first-order valence-corrected chi connectivity index (χ1v) is 11.6. The molecule has 0 aliphatic carbocycles. The lowest BCUT2D eigenvalue weighted by molar-refractivity contribution is 0.0752. The van der Waals surface area contributed by atoms with E-state index in [4.69, 9.17) is 4.74 Å². The molecule has 0 amide bonds. The number of ketones is 1. The number of aryl methyl sites for hydroxylation is 2. The van der Waals surface area contributed by atoms with E-state index in [1.807, 2.05) is 39.0 Å². The summed E-state index contributed by atoms with van der Waals surface area (Å²) in [5, 5.41) is 15.0. The number of carbonyl (C=O) groups excluding carboxylic acids is 1. The zero-order valence-electron chi connectivity index (χ0n) is 19.7. The third-order valence-electron chi connectivity index (χ3n) is 5.91. The number of anilines is 1. The average molecular weight is 466 g/mol. The number of hydrogen-bond donors (Lipinski definition) is 2. The summed E-state index contributed by atoms with van der Waals surface area (Å²) in [6.45, 7) is 9.93. The van der Waals surface area contributed by atoms with E-state index in [1.165, 1.54) is 30.6 Å². The molecule has 6 heteroatoms. The Morgan fingerprint density at radius 2 is 1.82 bits per heavy atom. The second kappa shape index (κ2) is 8.43. The second-order valence-corrected chi connectivity index (χ2v) is 10.4. The zero-order valence-corrected chi connectivity index (χ0v) is 20.5. The number of benzene rings is 2. The lowest BCUT2D eigenvalue weighted by Gasteiger charge is -2.34. The number of carbonyl (C=O) groups is 1. The van der Waals surface area contributed by atoms with Crippen molar-refractivity contribution in [3.63, 3.8) is 0 Å². The van der Waals surface area contributed by atoms with Crippen molar-refractivity contribution in [3.05, 3.63) is 74.7 Å². The van der Waals surface area contributed by atoms with Gasteiger partial charge in [-0.25, -0.2) is 4.39 Å². The number of nitrogens with one attached hydrogen (secondary N) is 1. The molecular formula is C27H28FNO3S. The van der Waals surface area contributed by atoms with Crippen LogP contribution < -0.4 is 10.1 Å². The maximum atomic E-state index is 13.9. The van der Waals surface area contributed by atoms with Gasteiger partial charge in [0.2, 0.25) is 5.78 Å². The van der Waals surface area contributed by atoms with Gasteiger partial charge in [0.1, 0.15) is 17.7 Å². The fourth-order valence-corrected chi connectivity index (χ4v) is 5.68. The molecule has 0 fully saturated rings. The minimum Gasteiger partial charge on any atom is -0.496 e. The van der Waals surface area contributed by atoms with Crippen molar-refractivity contribution in [1.29, 1.82) is 0 Å². The summed E-state index contributed by atoms with van der Waals surface area (Å²) in [5.74, 6) is -0.431. The number of Topliss-reactive ketones (excluding diaryl/α,β-unsaturated/α-hetero) is 1. The normalized spacial score (nSPS) is 15.3. The molecule has 33 heavy (non-hydrogen) atoms. The Hall–Kier alpha value is -2.96. The number of hydrogen-bond acceptors (Lipinski definition) is 5. The lowest BCUT2D eigenvalue weighted by Crippen LogP contribution is -2.32. The Balaban J connectivity index is 1.99. The van der Waals surface area contributed by atoms with Gasteiger partial charge >= 0.3 is 0 Å². The van der Waals surface area contributed by atoms with Crippen molar-refractivity contribution in [2.45, 2.75) is 46.3 Å². The van der Waals surface area contributed by atoms with Crippen LogP contribution in [0.4, 0.5) is 10.1 Å². The summed E-state index contributed by atoms with van der Waals surface area (Å²) < 4.78 is 19.4. The number of thiophene rings is 1. The number of halogens is 1. The van der Waals surface area contributed by atoms with Crippen LogP contribution in [-0.4, -0.2) is 23.5 Å². The SMILES string of the molecule is COc1cc(F)ccc1-c1ccc2c(c1C(O)C(=O)c1sc(C)cc1C)C(C)=CC(C)(C)N2. The maximum absolute atomic E-state index is 13.9. The Morgan fingerprint density at radius 3 is 2.45 bits per heavy atom. The molecule has 1 aliphatic rings. The molecule has 1 atom stereocenters. The fourth-order valence-electron chi connectivity index (χ4n) is 4.69. The van der Waals surface area contributed by atoms with Crippen LogP contribution in [0.15, 0.2) is 42.5 Å². The third kappa shape index (κ3) is 4.21. The number of aliphatic hydroxyl groups is 1. The predicted molar refractivity (Wildman–Crippen MR) is 133 cm³/mol. The largest absolute Gasteiger partial charge is 0.496 e. The van der Waals surface area contributed by atoms with Gasteiger partial charge in [0.25, 0.3) is 0 Å². The van der Waals surface area contributed by atoms with Gasteiger partial charge in [-0.2, -0.15) is 0 Å². The highest BCUT2D eigenvalue weighted by Gasteiger charge is 2.33. The molecule has 3 aromatic rings. The summed E-state index contributed by atoms with van der Waals surface area (Å²) in [6.07, 6.45) is 0.690. The first-order chi connectivity index (χ1) is 15.5. The van der Waals surface area contributed by atoms with E-state index in [1.54, 1.807) is 6.07 Å². The van der Waals surface area contributed by atoms with Gasteiger partial charge < -0.3 is 15.2 Å². The van der Waals surface area contributed by atoms with E-state index in [0.717, 1.165) is 27.3 Å². The minimum atomic E-state index is -1.40. The number of allylic oxidation sites excluding steroid dienone is 1.